The summed E-state index contributed by atoms with van der Waals surface area (Å²) in [7, 11) is 0. The topological polar surface area (TPSA) is 178 Å². The zero-order valence-electron chi connectivity index (χ0n) is 22.8. The molecule has 214 valence electrons. The summed E-state index contributed by atoms with van der Waals surface area (Å²) in [5.41, 5.74) is 14.7. The zero-order valence-corrected chi connectivity index (χ0v) is 22.8. The van der Waals surface area contributed by atoms with Crippen LogP contribution in [0.25, 0.3) is 11.3 Å². The molecule has 0 saturated heterocycles. The molecular weight excluding hydrogens is 534 g/mol. The van der Waals surface area contributed by atoms with E-state index in [4.69, 9.17) is 21.6 Å². The van der Waals surface area contributed by atoms with E-state index in [1.165, 1.54) is 16.8 Å². The van der Waals surface area contributed by atoms with E-state index >= 15 is 0 Å². The van der Waals surface area contributed by atoms with Crippen molar-refractivity contribution in [2.24, 2.45) is 5.73 Å². The molecule has 3 aromatic carbocycles. The molecule has 1 aliphatic rings. The Kier molecular flexibility index (Phi) is 8.28. The summed E-state index contributed by atoms with van der Waals surface area (Å²) in [5.74, 6) is -0.862. The van der Waals surface area contributed by atoms with Crippen LogP contribution in [-0.4, -0.2) is 33.3 Å². The Morgan fingerprint density at radius 3 is 2.43 bits per heavy atom. The predicted molar refractivity (Wildman–Crippen MR) is 160 cm³/mol. The summed E-state index contributed by atoms with van der Waals surface area (Å²) >= 11 is 0. The second-order valence-corrected chi connectivity index (χ2v) is 10.1. The van der Waals surface area contributed by atoms with Crippen LogP contribution < -0.4 is 27.7 Å². The lowest BCUT2D eigenvalue weighted by molar-refractivity contribution is -0.121. The molecule has 11 nitrogen and oxygen atoms in total. The number of nitrogen functional groups attached to an aromatic ring is 2. The number of aromatic nitrogens is 2. The lowest BCUT2D eigenvalue weighted by Gasteiger charge is -2.16. The van der Waals surface area contributed by atoms with Crippen molar-refractivity contribution in [2.45, 2.75) is 38.6 Å². The molecule has 0 radical (unpaired) electrons. The van der Waals surface area contributed by atoms with Crippen LogP contribution in [0.3, 0.4) is 0 Å². The molecule has 5 rings (SSSR count). The van der Waals surface area contributed by atoms with Crippen LogP contribution in [0.4, 0.5) is 11.5 Å². The third-order valence-electron chi connectivity index (χ3n) is 6.73. The van der Waals surface area contributed by atoms with Crippen molar-refractivity contribution in [3.8, 4) is 11.3 Å². The van der Waals surface area contributed by atoms with Crippen LogP contribution in [0.2, 0.25) is 0 Å². The third-order valence-corrected chi connectivity index (χ3v) is 6.73. The Balaban J connectivity index is 1.39. The van der Waals surface area contributed by atoms with Gasteiger partial charge in [0.2, 0.25) is 5.91 Å². The minimum absolute atomic E-state index is 0.0417. The molecule has 0 atom stereocenters. The van der Waals surface area contributed by atoms with Crippen molar-refractivity contribution in [3.05, 3.63) is 112 Å². The van der Waals surface area contributed by atoms with E-state index in [0.29, 0.717) is 16.8 Å². The lowest BCUT2D eigenvalue weighted by atomic mass is 10.1. The van der Waals surface area contributed by atoms with Crippen LogP contribution in [0.5, 0.6) is 0 Å². The Hall–Kier alpha value is -5.45. The van der Waals surface area contributed by atoms with Crippen molar-refractivity contribution in [1.82, 2.24) is 14.9 Å². The molecule has 0 bridgehead atoms. The minimum Gasteiger partial charge on any atom is -0.457 e. The van der Waals surface area contributed by atoms with E-state index in [1.807, 2.05) is 30.3 Å². The standard InChI is InChI=1S/C31H31N7O4/c32-24-13-22(12-23(14-24)31(41)42-18-20-4-2-1-3-5-20)26-16-36-29(37-25-10-11-25)30(40)38(26)17-27(39)35-15-19-6-8-21(9-7-19)28(33)34/h1-9,12-14,16,25H,10-11,15,17-18,32H2,(H3,33,34)(H,35,39)(H,36,37). The maximum absolute atomic E-state index is 13.5. The van der Waals surface area contributed by atoms with Gasteiger partial charge in [-0.3, -0.25) is 19.6 Å². The van der Waals surface area contributed by atoms with Crippen LogP contribution in [-0.2, 0) is 29.2 Å². The van der Waals surface area contributed by atoms with Crippen LogP contribution in [0, 0.1) is 5.41 Å². The van der Waals surface area contributed by atoms with Crippen molar-refractivity contribution in [2.75, 3.05) is 11.1 Å². The fraction of sp³-hybridized carbons (Fsp3) is 0.194. The number of amidine groups is 1. The van der Waals surface area contributed by atoms with E-state index in [-0.39, 0.29) is 48.6 Å². The highest BCUT2D eigenvalue weighted by atomic mass is 16.5. The largest absolute Gasteiger partial charge is 0.457 e. The fourth-order valence-corrected chi connectivity index (χ4v) is 4.32. The summed E-state index contributed by atoms with van der Waals surface area (Å²) in [4.78, 5) is 43.8. The van der Waals surface area contributed by atoms with Gasteiger partial charge in [0, 0.05) is 29.4 Å². The molecule has 0 spiro atoms. The highest BCUT2D eigenvalue weighted by Crippen LogP contribution is 2.26. The number of amides is 1. The fourth-order valence-electron chi connectivity index (χ4n) is 4.32. The summed E-state index contributed by atoms with van der Waals surface area (Å²) < 4.78 is 6.79. The van der Waals surface area contributed by atoms with Gasteiger partial charge in [-0.1, -0.05) is 54.6 Å². The zero-order chi connectivity index (χ0) is 29.6. The van der Waals surface area contributed by atoms with E-state index in [2.05, 4.69) is 15.6 Å². The predicted octanol–water partition coefficient (Wildman–Crippen LogP) is 3.02. The Morgan fingerprint density at radius 2 is 1.74 bits per heavy atom. The first-order chi connectivity index (χ1) is 20.3. The van der Waals surface area contributed by atoms with Crippen LogP contribution in [0.1, 0.15) is 39.9 Å². The molecule has 1 aliphatic carbocycles. The van der Waals surface area contributed by atoms with Gasteiger partial charge in [0.15, 0.2) is 5.82 Å². The SMILES string of the molecule is N=C(N)c1ccc(CNC(=O)Cn2c(-c3cc(N)cc(C(=O)OCc4ccccc4)c3)cnc(NC3CC3)c2=O)cc1. The monoisotopic (exact) mass is 565 g/mol. The number of hydrogen-bond donors (Lipinski definition) is 5. The molecule has 11 heteroatoms. The number of carbonyl (C=O) groups is 2. The smallest absolute Gasteiger partial charge is 0.338 e. The van der Waals surface area contributed by atoms with E-state index in [1.54, 1.807) is 36.4 Å². The molecule has 4 aromatic rings. The van der Waals surface area contributed by atoms with Gasteiger partial charge in [0.25, 0.3) is 5.56 Å². The Bertz CT molecular complexity index is 1680. The van der Waals surface area contributed by atoms with E-state index in [9.17, 15) is 14.4 Å². The second-order valence-electron chi connectivity index (χ2n) is 10.1. The maximum Gasteiger partial charge on any atom is 0.338 e. The lowest BCUT2D eigenvalue weighted by Crippen LogP contribution is -2.34. The Morgan fingerprint density at radius 1 is 1.00 bits per heavy atom. The van der Waals surface area contributed by atoms with E-state index in [0.717, 1.165) is 24.0 Å². The average molecular weight is 566 g/mol. The highest BCUT2D eigenvalue weighted by molar-refractivity contribution is 5.95. The molecule has 1 saturated carbocycles. The van der Waals surface area contributed by atoms with Crippen molar-refractivity contribution in [3.63, 3.8) is 0 Å². The van der Waals surface area contributed by atoms with Gasteiger partial charge in [0.1, 0.15) is 19.0 Å². The number of esters is 1. The van der Waals surface area contributed by atoms with Crippen molar-refractivity contribution < 1.29 is 14.3 Å². The van der Waals surface area contributed by atoms with Gasteiger partial charge in [0.05, 0.1) is 17.5 Å². The highest BCUT2D eigenvalue weighted by Gasteiger charge is 2.24. The molecular formula is C31H31N7O4. The number of ether oxygens (including phenoxy) is 1. The van der Waals surface area contributed by atoms with Gasteiger partial charge in [-0.05, 0) is 42.2 Å². The molecule has 0 aliphatic heterocycles. The minimum atomic E-state index is -0.574. The normalized spacial score (nSPS) is 12.4. The molecule has 1 fully saturated rings. The van der Waals surface area contributed by atoms with Crippen molar-refractivity contribution in [1.29, 1.82) is 5.41 Å². The molecule has 1 heterocycles. The van der Waals surface area contributed by atoms with Crippen LogP contribution in [0.15, 0.2) is 83.8 Å². The summed E-state index contributed by atoms with van der Waals surface area (Å²) in [6.45, 7) is 0.0223. The Labute approximate surface area is 242 Å². The molecule has 1 aromatic heterocycles. The number of carbonyl (C=O) groups excluding carboxylic acids is 2. The first kappa shape index (κ1) is 28.1. The third kappa shape index (κ3) is 7.00. The number of nitrogens with two attached hydrogens (primary N) is 2. The number of nitrogens with one attached hydrogen (secondary N) is 3. The number of nitrogens with zero attached hydrogens (tertiary/aromatic N) is 2. The van der Waals surface area contributed by atoms with Gasteiger partial charge < -0.3 is 26.8 Å². The van der Waals surface area contributed by atoms with Crippen molar-refractivity contribution >= 4 is 29.2 Å². The number of hydrogen-bond acceptors (Lipinski definition) is 8. The van der Waals surface area contributed by atoms with Gasteiger partial charge in [-0.25, -0.2) is 9.78 Å². The number of benzene rings is 3. The summed E-state index contributed by atoms with van der Waals surface area (Å²) in [5, 5.41) is 13.5. The summed E-state index contributed by atoms with van der Waals surface area (Å²) in [6, 6.07) is 21.1. The quantitative estimate of drug-likeness (QED) is 0.0797. The number of anilines is 2. The van der Waals surface area contributed by atoms with Gasteiger partial charge >= 0.3 is 5.97 Å². The van der Waals surface area contributed by atoms with Gasteiger partial charge in [-0.2, -0.15) is 0 Å². The maximum atomic E-state index is 13.5. The number of rotatable bonds is 11. The molecule has 0 unspecified atom stereocenters. The average Bonchev–Trinajstić information content (AvgIpc) is 3.81. The second kappa shape index (κ2) is 12.4. The molecule has 42 heavy (non-hydrogen) atoms. The first-order valence-corrected chi connectivity index (χ1v) is 13.4. The molecule has 7 N–H and O–H groups in total. The summed E-state index contributed by atoms with van der Waals surface area (Å²) in [6.07, 6.45) is 3.37. The van der Waals surface area contributed by atoms with Gasteiger partial charge in [-0.15, -0.1) is 0 Å². The van der Waals surface area contributed by atoms with Crippen LogP contribution >= 0.6 is 0 Å². The molecule has 1 amide bonds. The van der Waals surface area contributed by atoms with E-state index < -0.39 is 17.4 Å². The first-order valence-electron chi connectivity index (χ1n) is 13.4.